The average Bonchev–Trinajstić information content (AvgIpc) is 2.69. The summed E-state index contributed by atoms with van der Waals surface area (Å²) >= 11 is 0. The van der Waals surface area contributed by atoms with Gasteiger partial charge in [-0.05, 0) is 19.4 Å². The van der Waals surface area contributed by atoms with Crippen LogP contribution < -0.4 is 0 Å². The lowest BCUT2D eigenvalue weighted by Gasteiger charge is -2.66. The summed E-state index contributed by atoms with van der Waals surface area (Å²) in [5.41, 5.74) is 0.180. The Labute approximate surface area is 164 Å². The Morgan fingerprint density at radius 1 is 0.964 bits per heavy atom. The molecule has 1 aliphatic heterocycles. The number of hydrogen-bond donors (Lipinski definition) is 4. The van der Waals surface area contributed by atoms with Gasteiger partial charge in [0.25, 0.3) is 0 Å². The number of aryl methyl sites for hydroxylation is 2. The van der Waals surface area contributed by atoms with E-state index < -0.39 is 42.2 Å². The quantitative estimate of drug-likeness (QED) is 0.633. The summed E-state index contributed by atoms with van der Waals surface area (Å²) in [4.78, 5) is 0. The summed E-state index contributed by atoms with van der Waals surface area (Å²) in [6.07, 6.45) is -3.35. The molecule has 4 rings (SSSR count). The van der Waals surface area contributed by atoms with Crippen molar-refractivity contribution in [1.82, 2.24) is 0 Å². The first-order valence-corrected chi connectivity index (χ1v) is 9.44. The molecule has 1 saturated carbocycles. The van der Waals surface area contributed by atoms with E-state index in [0.29, 0.717) is 5.56 Å². The highest BCUT2D eigenvalue weighted by molar-refractivity contribution is 5.40. The fraction of sp³-hybridized carbons (Fsp3) is 0.455. The molecule has 0 spiro atoms. The van der Waals surface area contributed by atoms with Crippen molar-refractivity contribution in [2.24, 2.45) is 0 Å². The number of benzene rings is 2. The number of aliphatic hydroxyl groups excluding tert-OH is 2. The van der Waals surface area contributed by atoms with Crippen molar-refractivity contribution < 1.29 is 29.9 Å². The molecule has 6 nitrogen and oxygen atoms in total. The monoisotopic (exact) mass is 386 g/mol. The van der Waals surface area contributed by atoms with Crippen LogP contribution in [0.25, 0.3) is 0 Å². The van der Waals surface area contributed by atoms with E-state index in [1.807, 2.05) is 50.2 Å². The Bertz CT molecular complexity index is 835. The Hall–Kier alpha value is -1.80. The molecule has 0 bridgehead atoms. The molecule has 2 aliphatic rings. The van der Waals surface area contributed by atoms with Gasteiger partial charge in [-0.2, -0.15) is 0 Å². The Kier molecular flexibility index (Phi) is 4.82. The lowest BCUT2D eigenvalue weighted by Crippen LogP contribution is -2.83. The van der Waals surface area contributed by atoms with Crippen LogP contribution in [0.2, 0.25) is 0 Å². The summed E-state index contributed by atoms with van der Waals surface area (Å²) in [5, 5.41) is 42.7. The van der Waals surface area contributed by atoms with E-state index in [2.05, 4.69) is 0 Å². The van der Waals surface area contributed by atoms with Crippen LogP contribution in [-0.2, 0) is 9.47 Å². The van der Waals surface area contributed by atoms with Gasteiger partial charge < -0.3 is 29.9 Å². The number of fused-ring (bicyclic) bond motifs is 1. The minimum atomic E-state index is -1.84. The number of hydrogen-bond acceptors (Lipinski definition) is 6. The molecule has 0 aromatic heterocycles. The minimum absolute atomic E-state index is 0.0603. The molecule has 1 heterocycles. The number of aliphatic hydroxyl groups is 4. The van der Waals surface area contributed by atoms with Crippen molar-refractivity contribution in [3.8, 4) is 0 Å². The largest absolute Gasteiger partial charge is 0.394 e. The topological polar surface area (TPSA) is 99.4 Å². The van der Waals surface area contributed by atoms with Gasteiger partial charge in [-0.3, -0.25) is 0 Å². The predicted molar refractivity (Wildman–Crippen MR) is 102 cm³/mol. The molecule has 0 amide bonds. The molecule has 2 fully saturated rings. The van der Waals surface area contributed by atoms with Crippen molar-refractivity contribution in [2.75, 3.05) is 13.2 Å². The molecule has 2 aromatic carbocycles. The third kappa shape index (κ3) is 2.80. The highest BCUT2D eigenvalue weighted by atomic mass is 16.7. The van der Waals surface area contributed by atoms with E-state index in [1.165, 1.54) is 0 Å². The van der Waals surface area contributed by atoms with Gasteiger partial charge >= 0.3 is 0 Å². The summed E-state index contributed by atoms with van der Waals surface area (Å²) in [5.74, 6) is -0.855. The van der Waals surface area contributed by atoms with Gasteiger partial charge in [0, 0.05) is 5.56 Å². The molecule has 1 saturated heterocycles. The molecule has 1 aliphatic carbocycles. The molecule has 2 unspecified atom stereocenters. The van der Waals surface area contributed by atoms with Crippen LogP contribution in [-0.4, -0.2) is 57.0 Å². The van der Waals surface area contributed by atoms with Gasteiger partial charge in [-0.25, -0.2) is 0 Å². The standard InChI is InChI=1S/C22H26O6/c1-13-3-7-15(8-4-13)18-21(25)12-27-19(16-9-5-14(2)6-10-16)28-20(21)22(18,26)17(24)11-23/h3-10,17-20,23-26H,11-12H2,1-2H3/t17-,18?,19?,20-,21-,22+/m1/s1. The maximum absolute atomic E-state index is 11.4. The van der Waals surface area contributed by atoms with Crippen LogP contribution in [0.4, 0.5) is 0 Å². The van der Waals surface area contributed by atoms with E-state index in [1.54, 1.807) is 12.1 Å². The van der Waals surface area contributed by atoms with Crippen LogP contribution in [0.3, 0.4) is 0 Å². The summed E-state index contributed by atoms with van der Waals surface area (Å²) in [7, 11) is 0. The first kappa shape index (κ1) is 19.5. The highest BCUT2D eigenvalue weighted by Crippen LogP contribution is 2.59. The van der Waals surface area contributed by atoms with Crippen molar-refractivity contribution >= 4 is 0 Å². The first-order valence-electron chi connectivity index (χ1n) is 9.44. The lowest BCUT2D eigenvalue weighted by atomic mass is 9.51. The second kappa shape index (κ2) is 6.91. The molecule has 2 aromatic rings. The lowest BCUT2D eigenvalue weighted by molar-refractivity contribution is -0.410. The summed E-state index contributed by atoms with van der Waals surface area (Å²) in [6.45, 7) is 3.20. The van der Waals surface area contributed by atoms with Crippen LogP contribution in [0, 0.1) is 13.8 Å². The Balaban J connectivity index is 1.68. The van der Waals surface area contributed by atoms with E-state index in [-0.39, 0.29) is 6.61 Å². The van der Waals surface area contributed by atoms with Crippen molar-refractivity contribution in [3.63, 3.8) is 0 Å². The molecule has 150 valence electrons. The van der Waals surface area contributed by atoms with E-state index in [0.717, 1.165) is 16.7 Å². The molecular weight excluding hydrogens is 360 g/mol. The summed E-state index contributed by atoms with van der Waals surface area (Å²) in [6, 6.07) is 14.9. The van der Waals surface area contributed by atoms with Crippen molar-refractivity contribution in [1.29, 1.82) is 0 Å². The van der Waals surface area contributed by atoms with Gasteiger partial charge in [0.1, 0.15) is 23.4 Å². The second-order valence-corrected chi connectivity index (χ2v) is 7.99. The fourth-order valence-corrected chi connectivity index (χ4v) is 4.49. The van der Waals surface area contributed by atoms with Crippen LogP contribution in [0.15, 0.2) is 48.5 Å². The van der Waals surface area contributed by atoms with Gasteiger partial charge in [0.2, 0.25) is 0 Å². The molecular formula is C22H26O6. The average molecular weight is 386 g/mol. The van der Waals surface area contributed by atoms with E-state index in [4.69, 9.17) is 9.47 Å². The van der Waals surface area contributed by atoms with Crippen molar-refractivity contribution in [3.05, 3.63) is 70.8 Å². The smallest absolute Gasteiger partial charge is 0.184 e. The van der Waals surface area contributed by atoms with Crippen molar-refractivity contribution in [2.45, 2.75) is 49.5 Å². The Morgan fingerprint density at radius 2 is 1.50 bits per heavy atom. The zero-order valence-corrected chi connectivity index (χ0v) is 15.9. The third-order valence-electron chi connectivity index (χ3n) is 6.03. The highest BCUT2D eigenvalue weighted by Gasteiger charge is 2.76. The first-order chi connectivity index (χ1) is 13.3. The number of rotatable bonds is 4. The molecule has 6 atom stereocenters. The van der Waals surface area contributed by atoms with Gasteiger partial charge in [0.15, 0.2) is 6.29 Å². The van der Waals surface area contributed by atoms with Crippen LogP contribution in [0.5, 0.6) is 0 Å². The van der Waals surface area contributed by atoms with Crippen LogP contribution in [0.1, 0.15) is 34.5 Å². The zero-order valence-electron chi connectivity index (χ0n) is 15.9. The molecule has 6 heteroatoms. The minimum Gasteiger partial charge on any atom is -0.394 e. The maximum Gasteiger partial charge on any atom is 0.184 e. The van der Waals surface area contributed by atoms with Gasteiger partial charge in [0.05, 0.1) is 19.1 Å². The molecule has 28 heavy (non-hydrogen) atoms. The normalized spacial score (nSPS) is 35.7. The van der Waals surface area contributed by atoms with E-state index >= 15 is 0 Å². The number of ether oxygens (including phenoxy) is 2. The van der Waals surface area contributed by atoms with Crippen LogP contribution >= 0.6 is 0 Å². The van der Waals surface area contributed by atoms with Gasteiger partial charge in [-0.1, -0.05) is 59.7 Å². The fourth-order valence-electron chi connectivity index (χ4n) is 4.49. The maximum atomic E-state index is 11.4. The van der Waals surface area contributed by atoms with Gasteiger partial charge in [-0.15, -0.1) is 0 Å². The predicted octanol–water partition coefficient (Wildman–Crippen LogP) is 1.33. The molecule has 4 N–H and O–H groups in total. The Morgan fingerprint density at radius 3 is 2.04 bits per heavy atom. The SMILES string of the molecule is Cc1ccc(C2OC[C@@]3(O)C(c4ccc(C)cc4)[C@@](O)([C@H](O)CO)[C@@H]3O2)cc1. The summed E-state index contributed by atoms with van der Waals surface area (Å²) < 4.78 is 11.7. The van der Waals surface area contributed by atoms with E-state index in [9.17, 15) is 20.4 Å². The second-order valence-electron chi connectivity index (χ2n) is 7.99. The third-order valence-corrected chi connectivity index (χ3v) is 6.03. The molecule has 0 radical (unpaired) electrons. The zero-order chi connectivity index (χ0) is 20.1.